The van der Waals surface area contributed by atoms with Crippen LogP contribution in [0, 0.1) is 0 Å². The number of aromatic nitrogens is 1. The number of nitrogens with zero attached hydrogens (tertiary/aromatic N) is 2. The minimum absolute atomic E-state index is 0. The van der Waals surface area contributed by atoms with Gasteiger partial charge in [0.15, 0.2) is 0 Å². The van der Waals surface area contributed by atoms with Gasteiger partial charge in [0.1, 0.15) is 11.5 Å². The highest BCUT2D eigenvalue weighted by Gasteiger charge is 2.25. The Morgan fingerprint density at radius 3 is 2.63 bits per heavy atom. The molecule has 0 spiro atoms. The summed E-state index contributed by atoms with van der Waals surface area (Å²) in [7, 11) is 0. The Bertz CT molecular complexity index is 419. The molecular weight excluding hydrogens is 262 g/mol. The second kappa shape index (κ2) is 7.34. The van der Waals surface area contributed by atoms with Gasteiger partial charge in [0, 0.05) is 12.6 Å². The molecular formula is C14H22ClN3O. The summed E-state index contributed by atoms with van der Waals surface area (Å²) in [5.74, 6) is 0.414. The summed E-state index contributed by atoms with van der Waals surface area (Å²) in [6.45, 7) is 2.76. The standard InChI is InChI=1S/C14H21N3O.ClH/c1-2-17(11-7-4-3-5-8-11)14(18)12-9-6-10-13(15)16-12;/h6,9-11H,2-5,7-8H2,1H3,(H2,15,16);1H. The van der Waals surface area contributed by atoms with E-state index in [9.17, 15) is 4.79 Å². The number of halogens is 1. The van der Waals surface area contributed by atoms with E-state index in [1.165, 1.54) is 19.3 Å². The van der Waals surface area contributed by atoms with Gasteiger partial charge in [0.05, 0.1) is 0 Å². The Morgan fingerprint density at radius 2 is 2.05 bits per heavy atom. The SMILES string of the molecule is CCN(C(=O)c1cccc(N)n1)C1CCCCC1.Cl. The van der Waals surface area contributed by atoms with Gasteiger partial charge in [-0.05, 0) is 31.9 Å². The predicted octanol–water partition coefficient (Wildman–Crippen LogP) is 2.88. The van der Waals surface area contributed by atoms with Crippen LogP contribution in [0.3, 0.4) is 0 Å². The van der Waals surface area contributed by atoms with Crippen LogP contribution in [0.4, 0.5) is 5.82 Å². The summed E-state index contributed by atoms with van der Waals surface area (Å²) in [4.78, 5) is 18.5. The molecule has 1 amide bonds. The van der Waals surface area contributed by atoms with Gasteiger partial charge in [0.2, 0.25) is 0 Å². The largest absolute Gasteiger partial charge is 0.384 e. The van der Waals surface area contributed by atoms with Crippen LogP contribution in [-0.2, 0) is 0 Å². The fourth-order valence-electron chi connectivity index (χ4n) is 2.68. The van der Waals surface area contributed by atoms with Gasteiger partial charge in [-0.3, -0.25) is 4.79 Å². The molecule has 1 aromatic rings. The van der Waals surface area contributed by atoms with E-state index >= 15 is 0 Å². The van der Waals surface area contributed by atoms with E-state index in [2.05, 4.69) is 4.98 Å². The third-order valence-corrected chi connectivity index (χ3v) is 3.61. The van der Waals surface area contributed by atoms with Crippen molar-refractivity contribution in [2.45, 2.75) is 45.1 Å². The Hall–Kier alpha value is -1.29. The summed E-state index contributed by atoms with van der Waals surface area (Å²) >= 11 is 0. The highest BCUT2D eigenvalue weighted by molar-refractivity contribution is 5.92. The molecule has 0 atom stereocenters. The molecule has 19 heavy (non-hydrogen) atoms. The number of carbonyl (C=O) groups excluding carboxylic acids is 1. The Labute approximate surface area is 120 Å². The highest BCUT2D eigenvalue weighted by Crippen LogP contribution is 2.23. The molecule has 1 aliphatic carbocycles. The van der Waals surface area contributed by atoms with E-state index in [0.29, 0.717) is 17.6 Å². The number of hydrogen-bond acceptors (Lipinski definition) is 3. The first-order chi connectivity index (χ1) is 8.72. The molecule has 0 aliphatic heterocycles. The Morgan fingerprint density at radius 1 is 1.37 bits per heavy atom. The Kier molecular flexibility index (Phi) is 6.09. The van der Waals surface area contributed by atoms with Crippen LogP contribution >= 0.6 is 12.4 Å². The van der Waals surface area contributed by atoms with Crippen molar-refractivity contribution < 1.29 is 4.79 Å². The van der Waals surface area contributed by atoms with Crippen molar-refractivity contribution in [1.82, 2.24) is 9.88 Å². The molecule has 0 aromatic carbocycles. The fourth-order valence-corrected chi connectivity index (χ4v) is 2.68. The monoisotopic (exact) mass is 283 g/mol. The minimum atomic E-state index is 0. The molecule has 1 heterocycles. The normalized spacial score (nSPS) is 15.6. The average Bonchev–Trinajstić information content (AvgIpc) is 2.41. The van der Waals surface area contributed by atoms with Crippen molar-refractivity contribution in [3.8, 4) is 0 Å². The van der Waals surface area contributed by atoms with E-state index in [-0.39, 0.29) is 18.3 Å². The smallest absolute Gasteiger partial charge is 0.272 e. The number of amides is 1. The van der Waals surface area contributed by atoms with Crippen LogP contribution in [0.2, 0.25) is 0 Å². The zero-order valence-corrected chi connectivity index (χ0v) is 12.2. The summed E-state index contributed by atoms with van der Waals surface area (Å²) in [6, 6.07) is 5.60. The lowest BCUT2D eigenvalue weighted by molar-refractivity contribution is 0.0642. The summed E-state index contributed by atoms with van der Waals surface area (Å²) in [6.07, 6.45) is 5.96. The fraction of sp³-hybridized carbons (Fsp3) is 0.571. The molecule has 1 aliphatic rings. The maximum Gasteiger partial charge on any atom is 0.272 e. The lowest BCUT2D eigenvalue weighted by Crippen LogP contribution is -2.41. The molecule has 0 bridgehead atoms. The molecule has 0 radical (unpaired) electrons. The van der Waals surface area contributed by atoms with Gasteiger partial charge in [-0.1, -0.05) is 25.3 Å². The van der Waals surface area contributed by atoms with Crippen molar-refractivity contribution in [1.29, 1.82) is 0 Å². The van der Waals surface area contributed by atoms with E-state index in [4.69, 9.17) is 5.73 Å². The minimum Gasteiger partial charge on any atom is -0.384 e. The molecule has 1 saturated carbocycles. The summed E-state index contributed by atoms with van der Waals surface area (Å²) < 4.78 is 0. The number of carbonyl (C=O) groups is 1. The van der Waals surface area contributed by atoms with Crippen molar-refractivity contribution in [2.75, 3.05) is 12.3 Å². The van der Waals surface area contributed by atoms with E-state index in [1.807, 2.05) is 11.8 Å². The van der Waals surface area contributed by atoms with Crippen molar-refractivity contribution in [3.05, 3.63) is 23.9 Å². The zero-order valence-electron chi connectivity index (χ0n) is 11.3. The molecule has 1 aromatic heterocycles. The molecule has 2 rings (SSSR count). The van der Waals surface area contributed by atoms with Crippen molar-refractivity contribution in [3.63, 3.8) is 0 Å². The number of hydrogen-bond donors (Lipinski definition) is 1. The van der Waals surface area contributed by atoms with Gasteiger partial charge in [0.25, 0.3) is 5.91 Å². The second-order valence-corrected chi connectivity index (χ2v) is 4.83. The second-order valence-electron chi connectivity index (χ2n) is 4.83. The van der Waals surface area contributed by atoms with E-state index < -0.39 is 0 Å². The van der Waals surface area contributed by atoms with Crippen LogP contribution < -0.4 is 5.73 Å². The van der Waals surface area contributed by atoms with Crippen molar-refractivity contribution in [2.24, 2.45) is 0 Å². The molecule has 0 unspecified atom stereocenters. The van der Waals surface area contributed by atoms with Crippen molar-refractivity contribution >= 4 is 24.1 Å². The predicted molar refractivity (Wildman–Crippen MR) is 79.5 cm³/mol. The quantitative estimate of drug-likeness (QED) is 0.928. The molecule has 5 heteroatoms. The maximum absolute atomic E-state index is 12.4. The van der Waals surface area contributed by atoms with Gasteiger partial charge in [-0.25, -0.2) is 4.98 Å². The number of nitrogens with two attached hydrogens (primary N) is 1. The van der Waals surface area contributed by atoms with Gasteiger partial charge in [-0.15, -0.1) is 12.4 Å². The maximum atomic E-state index is 12.4. The molecule has 0 saturated heterocycles. The average molecular weight is 284 g/mol. The van der Waals surface area contributed by atoms with Crippen LogP contribution in [0.25, 0.3) is 0 Å². The Balaban J connectivity index is 0.00000180. The number of rotatable bonds is 3. The molecule has 1 fully saturated rings. The first-order valence-electron chi connectivity index (χ1n) is 6.76. The third-order valence-electron chi connectivity index (χ3n) is 3.61. The molecule has 106 valence electrons. The van der Waals surface area contributed by atoms with Gasteiger partial charge >= 0.3 is 0 Å². The summed E-state index contributed by atoms with van der Waals surface area (Å²) in [5.41, 5.74) is 6.10. The number of pyridine rings is 1. The topological polar surface area (TPSA) is 59.2 Å². The first-order valence-corrected chi connectivity index (χ1v) is 6.76. The highest BCUT2D eigenvalue weighted by atomic mass is 35.5. The van der Waals surface area contributed by atoms with E-state index in [1.54, 1.807) is 18.2 Å². The first kappa shape index (κ1) is 15.8. The summed E-state index contributed by atoms with van der Waals surface area (Å²) in [5, 5.41) is 0. The number of anilines is 1. The number of nitrogen functional groups attached to an aromatic ring is 1. The van der Waals surface area contributed by atoms with Gasteiger partial charge in [-0.2, -0.15) is 0 Å². The lowest BCUT2D eigenvalue weighted by Gasteiger charge is -2.33. The van der Waals surface area contributed by atoms with E-state index in [0.717, 1.165) is 19.4 Å². The molecule has 2 N–H and O–H groups in total. The molecule has 4 nitrogen and oxygen atoms in total. The van der Waals surface area contributed by atoms with Crippen LogP contribution in [0.5, 0.6) is 0 Å². The van der Waals surface area contributed by atoms with Crippen LogP contribution in [0.15, 0.2) is 18.2 Å². The third kappa shape index (κ3) is 3.83. The lowest BCUT2D eigenvalue weighted by atomic mass is 9.94. The van der Waals surface area contributed by atoms with Crippen LogP contribution in [-0.4, -0.2) is 28.4 Å². The van der Waals surface area contributed by atoms with Crippen LogP contribution in [0.1, 0.15) is 49.5 Å². The zero-order chi connectivity index (χ0) is 13.0. The van der Waals surface area contributed by atoms with Gasteiger partial charge < -0.3 is 10.6 Å².